The van der Waals surface area contributed by atoms with Gasteiger partial charge in [0.1, 0.15) is 5.82 Å². The predicted octanol–water partition coefficient (Wildman–Crippen LogP) is 1.33. The number of halogens is 1. The average Bonchev–Trinajstić information content (AvgIpc) is 2.60. The number of nitrogens with zero attached hydrogens (tertiary/aromatic N) is 2. The van der Waals surface area contributed by atoms with Crippen LogP contribution in [0.4, 0.5) is 0 Å². The van der Waals surface area contributed by atoms with E-state index in [1.54, 1.807) is 22.7 Å². The molecular weight excluding hydrogens is 276 g/mol. The van der Waals surface area contributed by atoms with E-state index in [2.05, 4.69) is 20.9 Å². The highest BCUT2D eigenvalue weighted by molar-refractivity contribution is 9.10. The highest BCUT2D eigenvalue weighted by atomic mass is 79.9. The van der Waals surface area contributed by atoms with Gasteiger partial charge in [0.15, 0.2) is 5.69 Å². The number of pyridine rings is 1. The molecule has 0 aliphatic heterocycles. The SMILES string of the molecule is O=C(O)c1nc(CCO)n2cccc(Br)c12. The van der Waals surface area contributed by atoms with E-state index >= 15 is 0 Å². The van der Waals surface area contributed by atoms with Gasteiger partial charge >= 0.3 is 5.97 Å². The van der Waals surface area contributed by atoms with Gasteiger partial charge in [0, 0.05) is 17.1 Å². The van der Waals surface area contributed by atoms with Crippen LogP contribution in [-0.4, -0.2) is 32.2 Å². The molecule has 0 aromatic carbocycles. The molecule has 0 spiro atoms. The third kappa shape index (κ3) is 1.70. The second-order valence-electron chi connectivity index (χ2n) is 3.23. The molecule has 6 heteroatoms. The van der Waals surface area contributed by atoms with Crippen LogP contribution in [-0.2, 0) is 6.42 Å². The summed E-state index contributed by atoms with van der Waals surface area (Å²) in [5.41, 5.74) is 0.509. The Hall–Kier alpha value is -1.40. The summed E-state index contributed by atoms with van der Waals surface area (Å²) in [6.07, 6.45) is 2.05. The molecule has 0 amide bonds. The average molecular weight is 285 g/mol. The summed E-state index contributed by atoms with van der Waals surface area (Å²) < 4.78 is 2.34. The number of aromatic carboxylic acids is 1. The van der Waals surface area contributed by atoms with Crippen LogP contribution in [0.1, 0.15) is 16.3 Å². The Bertz CT molecular complexity index is 550. The summed E-state index contributed by atoms with van der Waals surface area (Å²) in [4.78, 5) is 15.0. The van der Waals surface area contributed by atoms with Crippen molar-refractivity contribution in [1.82, 2.24) is 9.38 Å². The van der Waals surface area contributed by atoms with E-state index in [1.165, 1.54) is 0 Å². The fourth-order valence-corrected chi connectivity index (χ4v) is 2.12. The number of hydrogen-bond donors (Lipinski definition) is 2. The van der Waals surface area contributed by atoms with Crippen molar-refractivity contribution in [1.29, 1.82) is 0 Å². The van der Waals surface area contributed by atoms with E-state index in [9.17, 15) is 4.79 Å². The molecule has 0 unspecified atom stereocenters. The zero-order valence-electron chi connectivity index (χ0n) is 8.22. The number of aliphatic hydroxyl groups is 1. The van der Waals surface area contributed by atoms with Crippen molar-refractivity contribution < 1.29 is 15.0 Å². The normalized spacial score (nSPS) is 10.9. The highest BCUT2D eigenvalue weighted by Crippen LogP contribution is 2.23. The van der Waals surface area contributed by atoms with Gasteiger partial charge in [-0.05, 0) is 28.1 Å². The summed E-state index contributed by atoms with van der Waals surface area (Å²) in [6.45, 7) is -0.0648. The molecule has 0 bridgehead atoms. The van der Waals surface area contributed by atoms with Crippen LogP contribution in [0.5, 0.6) is 0 Å². The lowest BCUT2D eigenvalue weighted by molar-refractivity contribution is 0.0693. The Morgan fingerprint density at radius 1 is 1.56 bits per heavy atom. The number of aromatic nitrogens is 2. The van der Waals surface area contributed by atoms with E-state index < -0.39 is 5.97 Å². The van der Waals surface area contributed by atoms with Gasteiger partial charge in [-0.1, -0.05) is 0 Å². The molecule has 0 saturated heterocycles. The Morgan fingerprint density at radius 3 is 2.94 bits per heavy atom. The van der Waals surface area contributed by atoms with E-state index in [0.29, 0.717) is 22.2 Å². The van der Waals surface area contributed by atoms with Crippen molar-refractivity contribution in [3.8, 4) is 0 Å². The van der Waals surface area contributed by atoms with Crippen LogP contribution in [0.25, 0.3) is 5.52 Å². The lowest BCUT2D eigenvalue weighted by Gasteiger charge is -1.99. The molecule has 0 atom stereocenters. The zero-order valence-corrected chi connectivity index (χ0v) is 9.81. The van der Waals surface area contributed by atoms with Gasteiger partial charge in [0.2, 0.25) is 0 Å². The molecule has 5 nitrogen and oxygen atoms in total. The van der Waals surface area contributed by atoms with Crippen molar-refractivity contribution in [2.75, 3.05) is 6.61 Å². The van der Waals surface area contributed by atoms with E-state index in [1.807, 2.05) is 0 Å². The zero-order chi connectivity index (χ0) is 11.7. The highest BCUT2D eigenvalue weighted by Gasteiger charge is 2.18. The topological polar surface area (TPSA) is 74.8 Å². The molecule has 2 rings (SSSR count). The third-order valence-electron chi connectivity index (χ3n) is 2.23. The molecule has 84 valence electrons. The van der Waals surface area contributed by atoms with Crippen molar-refractivity contribution in [3.63, 3.8) is 0 Å². The number of carboxylic acids is 1. The molecule has 0 aliphatic rings. The minimum absolute atomic E-state index is 0.00377. The number of carbonyl (C=O) groups is 1. The molecule has 0 saturated carbocycles. The quantitative estimate of drug-likeness (QED) is 0.892. The molecule has 0 aliphatic carbocycles. The Labute approximate surface area is 99.5 Å². The fourth-order valence-electron chi connectivity index (χ4n) is 1.59. The van der Waals surface area contributed by atoms with E-state index in [4.69, 9.17) is 10.2 Å². The number of carboxylic acid groups (broad SMARTS) is 1. The molecule has 2 heterocycles. The van der Waals surface area contributed by atoms with Crippen molar-refractivity contribution in [2.24, 2.45) is 0 Å². The van der Waals surface area contributed by atoms with Crippen molar-refractivity contribution >= 4 is 27.4 Å². The molecule has 0 radical (unpaired) electrons. The predicted molar refractivity (Wildman–Crippen MR) is 60.6 cm³/mol. The summed E-state index contributed by atoms with van der Waals surface area (Å²) >= 11 is 3.29. The molecular formula is C10H9BrN2O3. The van der Waals surface area contributed by atoms with Crippen LogP contribution in [0.15, 0.2) is 22.8 Å². The smallest absolute Gasteiger partial charge is 0.356 e. The van der Waals surface area contributed by atoms with Crippen LogP contribution in [0.2, 0.25) is 0 Å². The first-order valence-electron chi connectivity index (χ1n) is 4.64. The summed E-state index contributed by atoms with van der Waals surface area (Å²) in [6, 6.07) is 3.54. The Balaban J connectivity index is 2.76. The first kappa shape index (κ1) is 11.1. The van der Waals surface area contributed by atoms with Crippen LogP contribution < -0.4 is 0 Å². The number of aliphatic hydroxyl groups excluding tert-OH is 1. The van der Waals surface area contributed by atoms with Gasteiger partial charge in [-0.25, -0.2) is 9.78 Å². The number of hydrogen-bond acceptors (Lipinski definition) is 3. The molecule has 16 heavy (non-hydrogen) atoms. The van der Waals surface area contributed by atoms with Gasteiger partial charge < -0.3 is 14.6 Å². The number of imidazole rings is 1. The van der Waals surface area contributed by atoms with Crippen molar-refractivity contribution in [3.05, 3.63) is 34.3 Å². The fraction of sp³-hybridized carbons (Fsp3) is 0.200. The van der Waals surface area contributed by atoms with Gasteiger partial charge in [0.05, 0.1) is 12.1 Å². The van der Waals surface area contributed by atoms with E-state index in [-0.39, 0.29) is 12.3 Å². The third-order valence-corrected chi connectivity index (χ3v) is 2.87. The van der Waals surface area contributed by atoms with Crippen molar-refractivity contribution in [2.45, 2.75) is 6.42 Å². The van der Waals surface area contributed by atoms with E-state index in [0.717, 1.165) is 0 Å². The number of rotatable bonds is 3. The Morgan fingerprint density at radius 2 is 2.31 bits per heavy atom. The van der Waals surface area contributed by atoms with Gasteiger partial charge in [-0.2, -0.15) is 0 Å². The van der Waals surface area contributed by atoms with Crippen LogP contribution in [0, 0.1) is 0 Å². The standard InChI is InChI=1S/C10H9BrN2O3/c11-6-2-1-4-13-7(3-5-14)12-8(9(6)13)10(15)16/h1-2,4,14H,3,5H2,(H,15,16). The summed E-state index contributed by atoms with van der Waals surface area (Å²) in [5.74, 6) is -0.537. The van der Waals surface area contributed by atoms with Crippen LogP contribution in [0.3, 0.4) is 0 Å². The second kappa shape index (κ2) is 4.23. The molecule has 0 fully saturated rings. The largest absolute Gasteiger partial charge is 0.476 e. The minimum atomic E-state index is -1.08. The Kier molecular flexibility index (Phi) is 2.93. The first-order chi connectivity index (χ1) is 7.65. The maximum absolute atomic E-state index is 11.0. The maximum Gasteiger partial charge on any atom is 0.356 e. The van der Waals surface area contributed by atoms with Gasteiger partial charge in [-0.3, -0.25) is 0 Å². The lowest BCUT2D eigenvalue weighted by atomic mass is 10.3. The first-order valence-corrected chi connectivity index (χ1v) is 5.44. The van der Waals surface area contributed by atoms with Gasteiger partial charge in [-0.15, -0.1) is 0 Å². The molecule has 2 aromatic heterocycles. The minimum Gasteiger partial charge on any atom is -0.476 e. The van der Waals surface area contributed by atoms with Crippen LogP contribution >= 0.6 is 15.9 Å². The molecule has 2 N–H and O–H groups in total. The summed E-state index contributed by atoms with van der Waals surface area (Å²) in [7, 11) is 0. The summed E-state index contributed by atoms with van der Waals surface area (Å²) in [5, 5.41) is 17.9. The lowest BCUT2D eigenvalue weighted by Crippen LogP contribution is -1.98. The van der Waals surface area contributed by atoms with Gasteiger partial charge in [0.25, 0.3) is 0 Å². The monoisotopic (exact) mass is 284 g/mol. The number of fused-ring (bicyclic) bond motifs is 1. The second-order valence-corrected chi connectivity index (χ2v) is 4.08. The molecule has 2 aromatic rings. The maximum atomic E-state index is 11.0.